The Morgan fingerprint density at radius 1 is 1.28 bits per heavy atom. The van der Waals surface area contributed by atoms with Gasteiger partial charge in [-0.15, -0.1) is 11.3 Å². The molecule has 2 rings (SSSR count). The average molecular weight is 265 g/mol. The molecule has 0 amide bonds. The second kappa shape index (κ2) is 5.84. The highest BCUT2D eigenvalue weighted by Crippen LogP contribution is 2.35. The van der Waals surface area contributed by atoms with Crippen molar-refractivity contribution in [2.24, 2.45) is 0 Å². The van der Waals surface area contributed by atoms with Gasteiger partial charge in [0.25, 0.3) is 0 Å². The monoisotopic (exact) mass is 265 g/mol. The molecular weight excluding hydrogens is 250 g/mol. The first kappa shape index (κ1) is 12.9. The lowest BCUT2D eigenvalue weighted by atomic mass is 10.0. The van der Waals surface area contributed by atoms with Crippen molar-refractivity contribution in [3.63, 3.8) is 0 Å². The van der Waals surface area contributed by atoms with Gasteiger partial charge in [0.1, 0.15) is 11.5 Å². The van der Waals surface area contributed by atoms with Gasteiger partial charge >= 0.3 is 0 Å². The highest BCUT2D eigenvalue weighted by atomic mass is 32.1. The summed E-state index contributed by atoms with van der Waals surface area (Å²) in [4.78, 5) is 5.02. The summed E-state index contributed by atoms with van der Waals surface area (Å²) >= 11 is 1.52. The Kier molecular flexibility index (Phi) is 4.17. The van der Waals surface area contributed by atoms with Crippen LogP contribution in [0.5, 0.6) is 11.5 Å². The fourth-order valence-corrected chi connectivity index (χ4v) is 2.48. The molecule has 0 bridgehead atoms. The van der Waals surface area contributed by atoms with Crippen LogP contribution in [0.1, 0.15) is 16.5 Å². The number of benzene rings is 1. The maximum absolute atomic E-state index is 10.3. The van der Waals surface area contributed by atoms with E-state index in [1.807, 2.05) is 18.2 Å². The van der Waals surface area contributed by atoms with E-state index >= 15 is 0 Å². The molecule has 0 saturated carbocycles. The molecule has 2 aromatic rings. The van der Waals surface area contributed by atoms with E-state index < -0.39 is 6.10 Å². The number of aromatic nitrogens is 1. The minimum atomic E-state index is -0.670. The quantitative estimate of drug-likeness (QED) is 0.902. The molecule has 1 atom stereocenters. The Bertz CT molecular complexity index is 477. The van der Waals surface area contributed by atoms with Crippen LogP contribution in [0.15, 0.2) is 29.9 Å². The van der Waals surface area contributed by atoms with E-state index in [-0.39, 0.29) is 0 Å². The van der Waals surface area contributed by atoms with Crippen LogP contribution in [0.25, 0.3) is 0 Å². The number of rotatable bonds is 5. The minimum absolute atomic E-state index is 0.501. The molecule has 0 aliphatic heterocycles. The van der Waals surface area contributed by atoms with Crippen molar-refractivity contribution in [2.75, 3.05) is 14.2 Å². The lowest BCUT2D eigenvalue weighted by Gasteiger charge is -2.17. The Balaban J connectivity index is 2.30. The molecule has 1 heterocycles. The first-order valence-corrected chi connectivity index (χ1v) is 6.40. The van der Waals surface area contributed by atoms with Crippen molar-refractivity contribution in [3.8, 4) is 11.5 Å². The minimum Gasteiger partial charge on any atom is -0.496 e. The molecule has 0 aliphatic rings. The van der Waals surface area contributed by atoms with Gasteiger partial charge in [0, 0.05) is 17.5 Å². The summed E-state index contributed by atoms with van der Waals surface area (Å²) in [6, 6.07) is 5.46. The lowest BCUT2D eigenvalue weighted by molar-refractivity contribution is 0.170. The highest BCUT2D eigenvalue weighted by molar-refractivity contribution is 7.09. The number of aliphatic hydroxyl groups excluding tert-OH is 1. The van der Waals surface area contributed by atoms with Crippen molar-refractivity contribution in [1.29, 1.82) is 0 Å². The van der Waals surface area contributed by atoms with Crippen LogP contribution < -0.4 is 9.47 Å². The average Bonchev–Trinajstić information content (AvgIpc) is 2.90. The Morgan fingerprint density at radius 3 is 2.44 bits per heavy atom. The summed E-state index contributed by atoms with van der Waals surface area (Å²) < 4.78 is 10.6. The number of nitrogens with zero attached hydrogens (tertiary/aromatic N) is 1. The molecule has 5 heteroatoms. The van der Waals surface area contributed by atoms with E-state index in [0.717, 1.165) is 4.88 Å². The SMILES string of the molecule is COc1cccc(OC)c1C(O)Cc1cncs1. The van der Waals surface area contributed by atoms with Gasteiger partial charge < -0.3 is 14.6 Å². The molecular formula is C13H15NO3S. The Hall–Kier alpha value is -1.59. The maximum atomic E-state index is 10.3. The van der Waals surface area contributed by atoms with Gasteiger partial charge in [-0.1, -0.05) is 6.07 Å². The van der Waals surface area contributed by atoms with Crippen molar-refractivity contribution in [2.45, 2.75) is 12.5 Å². The Morgan fingerprint density at radius 2 is 1.94 bits per heavy atom. The summed E-state index contributed by atoms with van der Waals surface area (Å²) in [5, 5.41) is 10.3. The second-order valence-electron chi connectivity index (χ2n) is 3.76. The number of methoxy groups -OCH3 is 2. The third-order valence-corrected chi connectivity index (χ3v) is 3.48. The predicted octanol–water partition coefficient (Wildman–Crippen LogP) is 2.44. The van der Waals surface area contributed by atoms with Crippen LogP contribution in [0.3, 0.4) is 0 Å². The van der Waals surface area contributed by atoms with Crippen LogP contribution in [0, 0.1) is 0 Å². The zero-order valence-corrected chi connectivity index (χ0v) is 11.1. The fraction of sp³-hybridized carbons (Fsp3) is 0.308. The molecule has 96 valence electrons. The normalized spacial score (nSPS) is 12.2. The summed E-state index contributed by atoms with van der Waals surface area (Å²) in [5.41, 5.74) is 2.43. The smallest absolute Gasteiger partial charge is 0.128 e. The number of thiazole rings is 1. The lowest BCUT2D eigenvalue weighted by Crippen LogP contribution is -2.05. The van der Waals surface area contributed by atoms with Gasteiger partial charge in [0.05, 0.1) is 31.4 Å². The summed E-state index contributed by atoms with van der Waals surface area (Å²) in [6.07, 6.45) is 1.59. The van der Waals surface area contributed by atoms with Crippen molar-refractivity contribution < 1.29 is 14.6 Å². The van der Waals surface area contributed by atoms with E-state index in [1.165, 1.54) is 11.3 Å². The zero-order chi connectivity index (χ0) is 13.0. The molecule has 4 nitrogen and oxygen atoms in total. The Labute approximate surface area is 110 Å². The fourth-order valence-electron chi connectivity index (χ4n) is 1.84. The third-order valence-electron chi connectivity index (χ3n) is 2.68. The first-order valence-electron chi connectivity index (χ1n) is 5.52. The second-order valence-corrected chi connectivity index (χ2v) is 4.73. The van der Waals surface area contributed by atoms with Crippen molar-refractivity contribution in [3.05, 3.63) is 40.3 Å². The van der Waals surface area contributed by atoms with E-state index in [2.05, 4.69) is 4.98 Å². The van der Waals surface area contributed by atoms with E-state index in [0.29, 0.717) is 23.5 Å². The van der Waals surface area contributed by atoms with Gasteiger partial charge in [0.2, 0.25) is 0 Å². The highest BCUT2D eigenvalue weighted by Gasteiger charge is 2.19. The number of ether oxygens (including phenoxy) is 2. The molecule has 0 aliphatic carbocycles. The van der Waals surface area contributed by atoms with Crippen LogP contribution in [-0.2, 0) is 6.42 Å². The molecule has 1 N–H and O–H groups in total. The van der Waals surface area contributed by atoms with Crippen LogP contribution in [0.4, 0.5) is 0 Å². The zero-order valence-electron chi connectivity index (χ0n) is 10.3. The first-order chi connectivity index (χ1) is 8.76. The van der Waals surface area contributed by atoms with Gasteiger partial charge in [-0.25, -0.2) is 0 Å². The third kappa shape index (κ3) is 2.63. The maximum Gasteiger partial charge on any atom is 0.128 e. The summed E-state index contributed by atoms with van der Waals surface area (Å²) in [7, 11) is 3.16. The van der Waals surface area contributed by atoms with Crippen LogP contribution >= 0.6 is 11.3 Å². The van der Waals surface area contributed by atoms with Crippen molar-refractivity contribution >= 4 is 11.3 Å². The predicted molar refractivity (Wildman–Crippen MR) is 70.3 cm³/mol. The van der Waals surface area contributed by atoms with E-state index in [1.54, 1.807) is 25.9 Å². The molecule has 0 radical (unpaired) electrons. The number of hydrogen-bond donors (Lipinski definition) is 1. The van der Waals surface area contributed by atoms with Gasteiger partial charge in [-0.05, 0) is 12.1 Å². The molecule has 1 aromatic carbocycles. The van der Waals surface area contributed by atoms with Gasteiger partial charge in [-0.3, -0.25) is 4.98 Å². The molecule has 18 heavy (non-hydrogen) atoms. The molecule has 1 unspecified atom stereocenters. The molecule has 0 spiro atoms. The topological polar surface area (TPSA) is 51.6 Å². The van der Waals surface area contributed by atoms with Gasteiger partial charge in [0.15, 0.2) is 0 Å². The molecule has 0 saturated heterocycles. The summed E-state index contributed by atoms with van der Waals surface area (Å²) in [5.74, 6) is 1.26. The van der Waals surface area contributed by atoms with Crippen LogP contribution in [0.2, 0.25) is 0 Å². The number of aliphatic hydroxyl groups is 1. The number of hydrogen-bond acceptors (Lipinski definition) is 5. The molecule has 0 fully saturated rings. The van der Waals surface area contributed by atoms with E-state index in [4.69, 9.17) is 9.47 Å². The summed E-state index contributed by atoms with van der Waals surface area (Å²) in [6.45, 7) is 0. The van der Waals surface area contributed by atoms with Gasteiger partial charge in [-0.2, -0.15) is 0 Å². The standard InChI is InChI=1S/C13H15NO3S/c1-16-11-4-3-5-12(17-2)13(11)10(15)6-9-7-14-8-18-9/h3-5,7-8,10,15H,6H2,1-2H3. The van der Waals surface area contributed by atoms with E-state index in [9.17, 15) is 5.11 Å². The van der Waals surface area contributed by atoms with Crippen LogP contribution in [-0.4, -0.2) is 24.3 Å². The molecule has 1 aromatic heterocycles. The largest absolute Gasteiger partial charge is 0.496 e. The van der Waals surface area contributed by atoms with Crippen molar-refractivity contribution in [1.82, 2.24) is 4.98 Å².